The molecular formula is C16H17N5OS. The number of hydrogen-bond donors (Lipinski definition) is 0. The van der Waals surface area contributed by atoms with Crippen LogP contribution in [0.15, 0.2) is 40.5 Å². The molecule has 2 heterocycles. The molecule has 0 atom stereocenters. The van der Waals surface area contributed by atoms with Crippen molar-refractivity contribution in [2.45, 2.75) is 43.3 Å². The van der Waals surface area contributed by atoms with Crippen LogP contribution in [0.4, 0.5) is 0 Å². The summed E-state index contributed by atoms with van der Waals surface area (Å²) in [5.74, 6) is 1.56. The summed E-state index contributed by atoms with van der Waals surface area (Å²) in [6, 6.07) is 7.85. The fourth-order valence-electron chi connectivity index (χ4n) is 2.68. The summed E-state index contributed by atoms with van der Waals surface area (Å²) in [4.78, 5) is 21.8. The van der Waals surface area contributed by atoms with Crippen LogP contribution >= 0.6 is 11.8 Å². The molecule has 2 aromatic heterocycles. The minimum Gasteiger partial charge on any atom is -0.284 e. The highest BCUT2D eigenvalue weighted by Crippen LogP contribution is 2.37. The number of hydrogen-bond acceptors (Lipinski definition) is 5. The van der Waals surface area contributed by atoms with Crippen LogP contribution in [0.1, 0.15) is 31.6 Å². The van der Waals surface area contributed by atoms with Gasteiger partial charge in [0.2, 0.25) is 0 Å². The van der Waals surface area contributed by atoms with Gasteiger partial charge in [0.15, 0.2) is 5.16 Å². The molecule has 0 saturated heterocycles. The predicted molar refractivity (Wildman–Crippen MR) is 89.5 cm³/mol. The van der Waals surface area contributed by atoms with Crippen molar-refractivity contribution < 1.29 is 0 Å². The molecule has 7 heteroatoms. The molecule has 0 spiro atoms. The van der Waals surface area contributed by atoms with E-state index in [4.69, 9.17) is 4.98 Å². The summed E-state index contributed by atoms with van der Waals surface area (Å²) < 4.78 is 3.73. The quantitative estimate of drug-likeness (QED) is 0.532. The van der Waals surface area contributed by atoms with Crippen LogP contribution in [-0.2, 0) is 12.3 Å². The van der Waals surface area contributed by atoms with Crippen molar-refractivity contribution in [1.82, 2.24) is 24.3 Å². The van der Waals surface area contributed by atoms with Gasteiger partial charge in [-0.1, -0.05) is 23.9 Å². The van der Waals surface area contributed by atoms with Gasteiger partial charge in [0.05, 0.1) is 16.7 Å². The highest BCUT2D eigenvalue weighted by molar-refractivity contribution is 7.98. The molecule has 1 aliphatic carbocycles. The van der Waals surface area contributed by atoms with Crippen LogP contribution in [0.3, 0.4) is 0 Å². The molecule has 0 N–H and O–H groups in total. The van der Waals surface area contributed by atoms with Gasteiger partial charge in [-0.3, -0.25) is 9.36 Å². The molecule has 0 aliphatic heterocycles. The maximum absolute atomic E-state index is 12.8. The molecule has 0 radical (unpaired) electrons. The predicted octanol–water partition coefficient (Wildman–Crippen LogP) is 2.64. The van der Waals surface area contributed by atoms with Crippen molar-refractivity contribution >= 4 is 22.7 Å². The molecule has 4 rings (SSSR count). The monoisotopic (exact) mass is 327 g/mol. The van der Waals surface area contributed by atoms with Crippen molar-refractivity contribution in [3.63, 3.8) is 0 Å². The van der Waals surface area contributed by atoms with E-state index in [1.54, 1.807) is 18.1 Å². The Balaban J connectivity index is 1.73. The molecule has 1 aliphatic rings. The topological polar surface area (TPSA) is 65.6 Å². The number of aryl methyl sites for hydroxylation is 1. The Labute approximate surface area is 137 Å². The smallest absolute Gasteiger partial charge is 0.262 e. The van der Waals surface area contributed by atoms with E-state index in [0.29, 0.717) is 17.2 Å². The lowest BCUT2D eigenvalue weighted by molar-refractivity contribution is 0.614. The first kappa shape index (κ1) is 14.4. The van der Waals surface area contributed by atoms with Gasteiger partial charge >= 0.3 is 0 Å². The average Bonchev–Trinajstić information content (AvgIpc) is 3.30. The number of fused-ring (bicyclic) bond motifs is 1. The normalized spacial score (nSPS) is 14.5. The highest BCUT2D eigenvalue weighted by Gasteiger charge is 2.28. The third-order valence-electron chi connectivity index (χ3n) is 4.01. The third kappa shape index (κ3) is 2.65. The second-order valence-corrected chi connectivity index (χ2v) is 6.54. The lowest BCUT2D eigenvalue weighted by atomic mass is 10.2. The van der Waals surface area contributed by atoms with Gasteiger partial charge in [-0.05, 0) is 31.9 Å². The maximum atomic E-state index is 12.8. The Hall–Kier alpha value is -2.15. The lowest BCUT2D eigenvalue weighted by Gasteiger charge is -2.12. The first-order chi connectivity index (χ1) is 11.3. The number of rotatable bonds is 5. The van der Waals surface area contributed by atoms with Crippen LogP contribution in [-0.4, -0.2) is 24.3 Å². The number of benzene rings is 1. The van der Waals surface area contributed by atoms with Gasteiger partial charge in [0.25, 0.3) is 5.56 Å². The van der Waals surface area contributed by atoms with Gasteiger partial charge in [-0.2, -0.15) is 5.10 Å². The number of para-hydroxylation sites is 1. The zero-order chi connectivity index (χ0) is 15.8. The van der Waals surface area contributed by atoms with E-state index in [1.165, 1.54) is 0 Å². The van der Waals surface area contributed by atoms with Crippen molar-refractivity contribution in [2.24, 2.45) is 0 Å². The van der Waals surface area contributed by atoms with Crippen LogP contribution in [0.5, 0.6) is 0 Å². The van der Waals surface area contributed by atoms with Gasteiger partial charge in [0, 0.05) is 12.6 Å². The number of thioether (sulfide) groups is 1. The summed E-state index contributed by atoms with van der Waals surface area (Å²) in [7, 11) is 0. The van der Waals surface area contributed by atoms with E-state index in [0.717, 1.165) is 35.9 Å². The van der Waals surface area contributed by atoms with Gasteiger partial charge in [0.1, 0.15) is 12.2 Å². The van der Waals surface area contributed by atoms with E-state index in [1.807, 2.05) is 40.4 Å². The maximum Gasteiger partial charge on any atom is 0.262 e. The van der Waals surface area contributed by atoms with Crippen LogP contribution in [0.2, 0.25) is 0 Å². The Bertz CT molecular complexity index is 912. The minimum absolute atomic E-state index is 0.0672. The Morgan fingerprint density at radius 2 is 2.13 bits per heavy atom. The van der Waals surface area contributed by atoms with Crippen molar-refractivity contribution in [1.29, 1.82) is 0 Å². The standard InChI is InChI=1S/C16H17N5OS/c1-2-20-14(17-10-18-20)9-23-16-19-13-6-4-3-5-12(13)15(22)21(16)11-7-8-11/h3-6,10-11H,2,7-9H2,1H3. The molecule has 0 amide bonds. The molecule has 1 aromatic carbocycles. The van der Waals surface area contributed by atoms with E-state index in [-0.39, 0.29) is 5.56 Å². The van der Waals surface area contributed by atoms with Crippen LogP contribution < -0.4 is 5.56 Å². The molecule has 23 heavy (non-hydrogen) atoms. The fraction of sp³-hybridized carbons (Fsp3) is 0.375. The zero-order valence-corrected chi connectivity index (χ0v) is 13.7. The summed E-state index contributed by atoms with van der Waals surface area (Å²) >= 11 is 1.56. The molecule has 1 saturated carbocycles. The molecule has 6 nitrogen and oxygen atoms in total. The first-order valence-corrected chi connectivity index (χ1v) is 8.77. The molecule has 118 valence electrons. The van der Waals surface area contributed by atoms with Crippen LogP contribution in [0, 0.1) is 0 Å². The molecule has 0 unspecified atom stereocenters. The first-order valence-electron chi connectivity index (χ1n) is 7.78. The number of aromatic nitrogens is 5. The zero-order valence-electron chi connectivity index (χ0n) is 12.8. The van der Waals surface area contributed by atoms with E-state index in [9.17, 15) is 4.79 Å². The molecule has 0 bridgehead atoms. The largest absolute Gasteiger partial charge is 0.284 e. The summed E-state index contributed by atoms with van der Waals surface area (Å²) in [5.41, 5.74) is 0.825. The number of nitrogens with zero attached hydrogens (tertiary/aromatic N) is 5. The molecular weight excluding hydrogens is 310 g/mol. The minimum atomic E-state index is 0.0672. The summed E-state index contributed by atoms with van der Waals surface area (Å²) in [5, 5.41) is 5.66. The Morgan fingerprint density at radius 1 is 1.30 bits per heavy atom. The van der Waals surface area contributed by atoms with Crippen LogP contribution in [0.25, 0.3) is 10.9 Å². The highest BCUT2D eigenvalue weighted by atomic mass is 32.2. The second kappa shape index (κ2) is 5.81. The Kier molecular flexibility index (Phi) is 3.65. The fourth-order valence-corrected chi connectivity index (χ4v) is 3.69. The van der Waals surface area contributed by atoms with E-state index in [2.05, 4.69) is 10.1 Å². The third-order valence-corrected chi connectivity index (χ3v) is 4.96. The molecule has 3 aromatic rings. The summed E-state index contributed by atoms with van der Waals surface area (Å²) in [6.07, 6.45) is 3.68. The van der Waals surface area contributed by atoms with Gasteiger partial charge in [-0.25, -0.2) is 14.6 Å². The average molecular weight is 327 g/mol. The second-order valence-electron chi connectivity index (χ2n) is 5.60. The van der Waals surface area contributed by atoms with Crippen molar-refractivity contribution in [3.05, 3.63) is 46.8 Å². The lowest BCUT2D eigenvalue weighted by Crippen LogP contribution is -2.22. The van der Waals surface area contributed by atoms with Gasteiger partial charge < -0.3 is 0 Å². The van der Waals surface area contributed by atoms with E-state index >= 15 is 0 Å². The van der Waals surface area contributed by atoms with Gasteiger partial charge in [-0.15, -0.1) is 0 Å². The SMILES string of the molecule is CCn1ncnc1CSc1nc2ccccc2c(=O)n1C1CC1. The summed E-state index contributed by atoms with van der Waals surface area (Å²) in [6.45, 7) is 2.83. The Morgan fingerprint density at radius 3 is 2.91 bits per heavy atom. The molecule has 1 fully saturated rings. The van der Waals surface area contributed by atoms with Crippen molar-refractivity contribution in [2.75, 3.05) is 0 Å². The van der Waals surface area contributed by atoms with Crippen molar-refractivity contribution in [3.8, 4) is 0 Å². The van der Waals surface area contributed by atoms with E-state index < -0.39 is 0 Å².